The number of benzene rings is 1. The van der Waals surface area contributed by atoms with E-state index in [0.717, 1.165) is 30.8 Å². The Labute approximate surface area is 125 Å². The van der Waals surface area contributed by atoms with Gasteiger partial charge >= 0.3 is 5.97 Å². The van der Waals surface area contributed by atoms with Gasteiger partial charge in [0, 0.05) is 24.1 Å². The summed E-state index contributed by atoms with van der Waals surface area (Å²) in [5.41, 5.74) is 3.87. The molecule has 0 aliphatic rings. The SMILES string of the molecule is CCCn1cccc1CNc1cc(C(=O)OC)ccc1C. The summed E-state index contributed by atoms with van der Waals surface area (Å²) in [6.45, 7) is 5.94. The summed E-state index contributed by atoms with van der Waals surface area (Å²) < 4.78 is 7.00. The van der Waals surface area contributed by atoms with Gasteiger partial charge in [0.25, 0.3) is 0 Å². The van der Waals surface area contributed by atoms with E-state index < -0.39 is 0 Å². The average Bonchev–Trinajstić information content (AvgIpc) is 2.93. The van der Waals surface area contributed by atoms with Gasteiger partial charge in [0.1, 0.15) is 0 Å². The first kappa shape index (κ1) is 15.2. The highest BCUT2D eigenvalue weighted by Gasteiger charge is 2.08. The van der Waals surface area contributed by atoms with Gasteiger partial charge in [0.15, 0.2) is 0 Å². The number of nitrogens with one attached hydrogen (secondary N) is 1. The largest absolute Gasteiger partial charge is 0.465 e. The molecule has 0 bridgehead atoms. The number of aryl methyl sites for hydroxylation is 2. The Morgan fingerprint density at radius 2 is 2.14 bits per heavy atom. The van der Waals surface area contributed by atoms with Crippen LogP contribution in [0.15, 0.2) is 36.5 Å². The van der Waals surface area contributed by atoms with Crippen molar-refractivity contribution in [3.05, 3.63) is 53.3 Å². The first-order valence-electron chi connectivity index (χ1n) is 7.22. The number of esters is 1. The Kier molecular flexibility index (Phi) is 5.04. The third kappa shape index (κ3) is 3.66. The summed E-state index contributed by atoms with van der Waals surface area (Å²) in [6, 6.07) is 9.73. The van der Waals surface area contributed by atoms with Crippen LogP contribution in [0, 0.1) is 6.92 Å². The Balaban J connectivity index is 2.12. The molecule has 1 heterocycles. The molecule has 2 rings (SSSR count). The number of hydrogen-bond donors (Lipinski definition) is 1. The molecule has 1 N–H and O–H groups in total. The van der Waals surface area contributed by atoms with Crippen LogP contribution in [0.3, 0.4) is 0 Å². The summed E-state index contributed by atoms with van der Waals surface area (Å²) in [5.74, 6) is -0.313. The van der Waals surface area contributed by atoms with Crippen molar-refractivity contribution in [2.45, 2.75) is 33.4 Å². The van der Waals surface area contributed by atoms with Crippen LogP contribution in [0.5, 0.6) is 0 Å². The standard InChI is InChI=1S/C17H22N2O2/c1-4-9-19-10-5-6-15(19)12-18-16-11-14(17(20)21-3)8-7-13(16)2/h5-8,10-11,18H,4,9,12H2,1-3H3. The second-order valence-electron chi connectivity index (χ2n) is 5.07. The number of hydrogen-bond acceptors (Lipinski definition) is 3. The van der Waals surface area contributed by atoms with Crippen molar-refractivity contribution >= 4 is 11.7 Å². The smallest absolute Gasteiger partial charge is 0.337 e. The Bertz CT molecular complexity index is 617. The van der Waals surface area contributed by atoms with Gasteiger partial charge in [0.2, 0.25) is 0 Å². The minimum Gasteiger partial charge on any atom is -0.465 e. The van der Waals surface area contributed by atoms with E-state index in [1.54, 1.807) is 6.07 Å². The van der Waals surface area contributed by atoms with Crippen LogP contribution < -0.4 is 5.32 Å². The number of methoxy groups -OCH3 is 1. The van der Waals surface area contributed by atoms with Crippen molar-refractivity contribution in [3.63, 3.8) is 0 Å². The van der Waals surface area contributed by atoms with Crippen LogP contribution >= 0.6 is 0 Å². The third-order valence-electron chi connectivity index (χ3n) is 3.51. The van der Waals surface area contributed by atoms with Crippen LogP contribution in [-0.4, -0.2) is 17.6 Å². The van der Waals surface area contributed by atoms with E-state index in [1.807, 2.05) is 19.1 Å². The minimum absolute atomic E-state index is 0.313. The van der Waals surface area contributed by atoms with Gasteiger partial charge in [-0.05, 0) is 43.2 Å². The summed E-state index contributed by atoms with van der Waals surface area (Å²) in [5, 5.41) is 3.40. The normalized spacial score (nSPS) is 10.4. The fraction of sp³-hybridized carbons (Fsp3) is 0.353. The number of ether oxygens (including phenoxy) is 1. The molecule has 1 aromatic heterocycles. The highest BCUT2D eigenvalue weighted by molar-refractivity contribution is 5.90. The maximum Gasteiger partial charge on any atom is 0.337 e. The number of nitrogens with zero attached hydrogens (tertiary/aromatic N) is 1. The first-order valence-corrected chi connectivity index (χ1v) is 7.22. The second-order valence-corrected chi connectivity index (χ2v) is 5.07. The zero-order valence-corrected chi connectivity index (χ0v) is 12.8. The Morgan fingerprint density at radius 3 is 2.86 bits per heavy atom. The zero-order chi connectivity index (χ0) is 15.2. The lowest BCUT2D eigenvalue weighted by atomic mass is 10.1. The van der Waals surface area contributed by atoms with Crippen LogP contribution in [0.4, 0.5) is 5.69 Å². The molecule has 0 saturated carbocycles. The molecule has 0 amide bonds. The van der Waals surface area contributed by atoms with E-state index in [9.17, 15) is 4.79 Å². The molecule has 4 nitrogen and oxygen atoms in total. The van der Waals surface area contributed by atoms with Crippen molar-refractivity contribution in [1.29, 1.82) is 0 Å². The summed E-state index contributed by atoms with van der Waals surface area (Å²) >= 11 is 0. The van der Waals surface area contributed by atoms with Gasteiger partial charge in [-0.2, -0.15) is 0 Å². The van der Waals surface area contributed by atoms with Crippen molar-refractivity contribution in [1.82, 2.24) is 4.57 Å². The summed E-state index contributed by atoms with van der Waals surface area (Å²) in [6.07, 6.45) is 3.21. The predicted octanol–water partition coefficient (Wildman–Crippen LogP) is 3.61. The molecular weight excluding hydrogens is 264 g/mol. The van der Waals surface area contributed by atoms with E-state index in [4.69, 9.17) is 4.74 Å². The van der Waals surface area contributed by atoms with Gasteiger partial charge < -0.3 is 14.6 Å². The highest BCUT2D eigenvalue weighted by Crippen LogP contribution is 2.18. The summed E-state index contributed by atoms with van der Waals surface area (Å²) in [7, 11) is 1.40. The second kappa shape index (κ2) is 6.97. The fourth-order valence-corrected chi connectivity index (χ4v) is 2.31. The van der Waals surface area contributed by atoms with Gasteiger partial charge in [-0.1, -0.05) is 13.0 Å². The lowest BCUT2D eigenvalue weighted by Crippen LogP contribution is -2.09. The molecular formula is C17H22N2O2. The maximum absolute atomic E-state index is 11.6. The molecule has 21 heavy (non-hydrogen) atoms. The third-order valence-corrected chi connectivity index (χ3v) is 3.51. The van der Waals surface area contributed by atoms with Crippen LogP contribution in [0.2, 0.25) is 0 Å². The lowest BCUT2D eigenvalue weighted by molar-refractivity contribution is 0.0601. The molecule has 0 radical (unpaired) electrons. The van der Waals surface area contributed by atoms with E-state index in [1.165, 1.54) is 12.8 Å². The molecule has 112 valence electrons. The molecule has 0 unspecified atom stereocenters. The number of anilines is 1. The number of carbonyl (C=O) groups is 1. The highest BCUT2D eigenvalue weighted by atomic mass is 16.5. The number of rotatable bonds is 6. The Morgan fingerprint density at radius 1 is 1.33 bits per heavy atom. The first-order chi connectivity index (χ1) is 10.2. The zero-order valence-electron chi connectivity index (χ0n) is 12.8. The topological polar surface area (TPSA) is 43.3 Å². The Hall–Kier alpha value is -2.23. The van der Waals surface area contributed by atoms with E-state index in [0.29, 0.717) is 5.56 Å². The predicted molar refractivity (Wildman–Crippen MR) is 84.6 cm³/mol. The monoisotopic (exact) mass is 286 g/mol. The molecule has 0 spiro atoms. The quantitative estimate of drug-likeness (QED) is 0.825. The van der Waals surface area contributed by atoms with Crippen molar-refractivity contribution in [2.75, 3.05) is 12.4 Å². The van der Waals surface area contributed by atoms with E-state index in [2.05, 4.69) is 35.1 Å². The van der Waals surface area contributed by atoms with Gasteiger partial charge in [-0.3, -0.25) is 0 Å². The van der Waals surface area contributed by atoms with Crippen molar-refractivity contribution < 1.29 is 9.53 Å². The van der Waals surface area contributed by atoms with Crippen LogP contribution in [0.25, 0.3) is 0 Å². The van der Waals surface area contributed by atoms with Crippen LogP contribution in [-0.2, 0) is 17.8 Å². The minimum atomic E-state index is -0.313. The van der Waals surface area contributed by atoms with Crippen molar-refractivity contribution in [3.8, 4) is 0 Å². The number of carbonyl (C=O) groups excluding carboxylic acids is 1. The molecule has 4 heteroatoms. The molecule has 0 fully saturated rings. The fourth-order valence-electron chi connectivity index (χ4n) is 2.31. The van der Waals surface area contributed by atoms with E-state index in [-0.39, 0.29) is 5.97 Å². The van der Waals surface area contributed by atoms with Gasteiger partial charge in [-0.25, -0.2) is 4.79 Å². The van der Waals surface area contributed by atoms with Gasteiger partial charge in [-0.15, -0.1) is 0 Å². The molecule has 2 aromatic rings. The molecule has 1 aromatic carbocycles. The number of aromatic nitrogens is 1. The summed E-state index contributed by atoms with van der Waals surface area (Å²) in [4.78, 5) is 11.6. The maximum atomic E-state index is 11.6. The lowest BCUT2D eigenvalue weighted by Gasteiger charge is -2.13. The molecule has 0 aliphatic heterocycles. The molecule has 0 aliphatic carbocycles. The van der Waals surface area contributed by atoms with E-state index >= 15 is 0 Å². The van der Waals surface area contributed by atoms with Gasteiger partial charge in [0.05, 0.1) is 19.2 Å². The molecule has 0 atom stereocenters. The van der Waals surface area contributed by atoms with Crippen LogP contribution in [0.1, 0.15) is 35.0 Å². The average molecular weight is 286 g/mol. The van der Waals surface area contributed by atoms with Crippen molar-refractivity contribution in [2.24, 2.45) is 0 Å². The molecule has 0 saturated heterocycles.